The molecule has 0 saturated heterocycles. The molecule has 0 radical (unpaired) electrons. The molecule has 0 unspecified atom stereocenters. The molecule has 0 aromatic heterocycles. The van der Waals surface area contributed by atoms with Crippen molar-refractivity contribution in [1.29, 1.82) is 0 Å². The predicted molar refractivity (Wildman–Crippen MR) is 56.2 cm³/mol. The standard InChI is InChI=1S/C11H15NO2/c1-13-9-5-6-11(14-2)10(7-9)12-8-3-4-8/h5-8,12H,3-4H2,1-2H3. The third-order valence-corrected chi connectivity index (χ3v) is 2.34. The van der Waals surface area contributed by atoms with Gasteiger partial charge >= 0.3 is 0 Å². The zero-order chi connectivity index (χ0) is 9.97. The van der Waals surface area contributed by atoms with E-state index in [9.17, 15) is 0 Å². The van der Waals surface area contributed by atoms with E-state index in [4.69, 9.17) is 9.47 Å². The molecule has 1 fully saturated rings. The first-order valence-corrected chi connectivity index (χ1v) is 4.82. The van der Waals surface area contributed by atoms with Crippen LogP contribution >= 0.6 is 0 Å². The molecule has 1 saturated carbocycles. The second kappa shape index (κ2) is 3.78. The maximum absolute atomic E-state index is 5.26. The number of nitrogens with one attached hydrogen (secondary N) is 1. The zero-order valence-electron chi connectivity index (χ0n) is 8.54. The lowest BCUT2D eigenvalue weighted by Gasteiger charge is -2.11. The van der Waals surface area contributed by atoms with Crippen molar-refractivity contribution in [3.05, 3.63) is 18.2 Å². The molecule has 3 nitrogen and oxygen atoms in total. The molecule has 76 valence electrons. The van der Waals surface area contributed by atoms with Gasteiger partial charge in [-0.05, 0) is 25.0 Å². The van der Waals surface area contributed by atoms with Gasteiger partial charge < -0.3 is 14.8 Å². The van der Waals surface area contributed by atoms with Crippen molar-refractivity contribution in [2.24, 2.45) is 0 Å². The average Bonchev–Trinajstić information content (AvgIpc) is 3.01. The number of methoxy groups -OCH3 is 2. The largest absolute Gasteiger partial charge is 0.497 e. The summed E-state index contributed by atoms with van der Waals surface area (Å²) in [6, 6.07) is 6.41. The summed E-state index contributed by atoms with van der Waals surface area (Å²) < 4.78 is 10.4. The van der Waals surface area contributed by atoms with Crippen LogP contribution in [-0.2, 0) is 0 Å². The van der Waals surface area contributed by atoms with Gasteiger partial charge in [-0.3, -0.25) is 0 Å². The Bertz CT molecular complexity index is 321. The number of ether oxygens (including phenoxy) is 2. The topological polar surface area (TPSA) is 30.5 Å². The molecular weight excluding hydrogens is 178 g/mol. The van der Waals surface area contributed by atoms with E-state index in [0.29, 0.717) is 6.04 Å². The van der Waals surface area contributed by atoms with Crippen LogP contribution in [0.2, 0.25) is 0 Å². The van der Waals surface area contributed by atoms with Crippen LogP contribution in [0.4, 0.5) is 5.69 Å². The lowest BCUT2D eigenvalue weighted by Crippen LogP contribution is -2.03. The number of benzene rings is 1. The minimum atomic E-state index is 0.621. The van der Waals surface area contributed by atoms with Gasteiger partial charge in [-0.2, -0.15) is 0 Å². The van der Waals surface area contributed by atoms with E-state index >= 15 is 0 Å². The molecule has 0 amide bonds. The smallest absolute Gasteiger partial charge is 0.142 e. The van der Waals surface area contributed by atoms with E-state index in [-0.39, 0.29) is 0 Å². The summed E-state index contributed by atoms with van der Waals surface area (Å²) in [7, 11) is 3.35. The number of rotatable bonds is 4. The molecule has 1 aromatic carbocycles. The fourth-order valence-electron chi connectivity index (χ4n) is 1.37. The molecule has 0 bridgehead atoms. The summed E-state index contributed by atoms with van der Waals surface area (Å²) in [5, 5.41) is 3.41. The highest BCUT2D eigenvalue weighted by atomic mass is 16.5. The normalized spacial score (nSPS) is 15.0. The molecule has 0 atom stereocenters. The van der Waals surface area contributed by atoms with E-state index in [2.05, 4.69) is 5.32 Å². The van der Waals surface area contributed by atoms with Gasteiger partial charge in [-0.15, -0.1) is 0 Å². The van der Waals surface area contributed by atoms with E-state index in [1.807, 2.05) is 18.2 Å². The third-order valence-electron chi connectivity index (χ3n) is 2.34. The summed E-state index contributed by atoms with van der Waals surface area (Å²) in [5.41, 5.74) is 1.02. The molecule has 1 aliphatic rings. The summed E-state index contributed by atoms with van der Waals surface area (Å²) in [6.45, 7) is 0. The van der Waals surface area contributed by atoms with E-state index in [1.165, 1.54) is 12.8 Å². The van der Waals surface area contributed by atoms with Crippen LogP contribution in [-0.4, -0.2) is 20.3 Å². The Morgan fingerprint density at radius 2 is 2.00 bits per heavy atom. The van der Waals surface area contributed by atoms with Crippen LogP contribution in [0.25, 0.3) is 0 Å². The summed E-state index contributed by atoms with van der Waals surface area (Å²) in [5.74, 6) is 1.73. The van der Waals surface area contributed by atoms with Gasteiger partial charge in [-0.1, -0.05) is 0 Å². The van der Waals surface area contributed by atoms with Gasteiger partial charge in [0.2, 0.25) is 0 Å². The fourth-order valence-corrected chi connectivity index (χ4v) is 1.37. The minimum Gasteiger partial charge on any atom is -0.497 e. The average molecular weight is 193 g/mol. The Balaban J connectivity index is 2.21. The first-order valence-electron chi connectivity index (χ1n) is 4.82. The molecule has 14 heavy (non-hydrogen) atoms. The highest BCUT2D eigenvalue weighted by Gasteiger charge is 2.22. The number of hydrogen-bond donors (Lipinski definition) is 1. The fraction of sp³-hybridized carbons (Fsp3) is 0.455. The van der Waals surface area contributed by atoms with Gasteiger partial charge in [0, 0.05) is 12.1 Å². The molecule has 0 aliphatic heterocycles. The van der Waals surface area contributed by atoms with Crippen LogP contribution < -0.4 is 14.8 Å². The van der Waals surface area contributed by atoms with Gasteiger partial charge in [0.25, 0.3) is 0 Å². The molecule has 0 heterocycles. The van der Waals surface area contributed by atoms with Gasteiger partial charge in [-0.25, -0.2) is 0 Å². The second-order valence-electron chi connectivity index (χ2n) is 3.48. The van der Waals surface area contributed by atoms with E-state index in [0.717, 1.165) is 17.2 Å². The molecular formula is C11H15NO2. The monoisotopic (exact) mass is 193 g/mol. The Morgan fingerprint density at radius 3 is 2.57 bits per heavy atom. The Morgan fingerprint density at radius 1 is 1.21 bits per heavy atom. The van der Waals surface area contributed by atoms with Crippen molar-refractivity contribution in [3.63, 3.8) is 0 Å². The van der Waals surface area contributed by atoms with Gasteiger partial charge in [0.15, 0.2) is 0 Å². The van der Waals surface area contributed by atoms with Crippen molar-refractivity contribution in [3.8, 4) is 11.5 Å². The Kier molecular flexibility index (Phi) is 2.48. The van der Waals surface area contributed by atoms with Crippen LogP contribution in [0.15, 0.2) is 18.2 Å². The lowest BCUT2D eigenvalue weighted by molar-refractivity contribution is 0.404. The van der Waals surface area contributed by atoms with Crippen molar-refractivity contribution >= 4 is 5.69 Å². The SMILES string of the molecule is COc1ccc(OC)c(NC2CC2)c1. The second-order valence-corrected chi connectivity index (χ2v) is 3.48. The van der Waals surface area contributed by atoms with Gasteiger partial charge in [0.05, 0.1) is 19.9 Å². The Labute approximate surface area is 84.0 Å². The third kappa shape index (κ3) is 1.92. The van der Waals surface area contributed by atoms with Gasteiger partial charge in [0.1, 0.15) is 11.5 Å². The van der Waals surface area contributed by atoms with Crippen molar-refractivity contribution in [2.75, 3.05) is 19.5 Å². The van der Waals surface area contributed by atoms with Crippen LogP contribution in [0.5, 0.6) is 11.5 Å². The van der Waals surface area contributed by atoms with E-state index in [1.54, 1.807) is 14.2 Å². The van der Waals surface area contributed by atoms with Crippen molar-refractivity contribution in [1.82, 2.24) is 0 Å². The first-order chi connectivity index (χ1) is 6.83. The number of hydrogen-bond acceptors (Lipinski definition) is 3. The number of anilines is 1. The first kappa shape index (κ1) is 9.19. The van der Waals surface area contributed by atoms with E-state index < -0.39 is 0 Å². The quantitative estimate of drug-likeness (QED) is 0.795. The molecule has 1 aromatic rings. The maximum Gasteiger partial charge on any atom is 0.142 e. The summed E-state index contributed by atoms with van der Waals surface area (Å²) >= 11 is 0. The minimum absolute atomic E-state index is 0.621. The van der Waals surface area contributed by atoms with Crippen molar-refractivity contribution < 1.29 is 9.47 Å². The summed E-state index contributed by atoms with van der Waals surface area (Å²) in [6.07, 6.45) is 2.50. The molecule has 1 aliphatic carbocycles. The Hall–Kier alpha value is -1.38. The molecule has 3 heteroatoms. The van der Waals surface area contributed by atoms with Crippen molar-refractivity contribution in [2.45, 2.75) is 18.9 Å². The van der Waals surface area contributed by atoms with Crippen LogP contribution in [0.1, 0.15) is 12.8 Å². The van der Waals surface area contributed by atoms with Crippen LogP contribution in [0, 0.1) is 0 Å². The molecule has 2 rings (SSSR count). The highest BCUT2D eigenvalue weighted by molar-refractivity contribution is 5.60. The summed E-state index contributed by atoms with van der Waals surface area (Å²) in [4.78, 5) is 0. The predicted octanol–water partition coefficient (Wildman–Crippen LogP) is 2.28. The highest BCUT2D eigenvalue weighted by Crippen LogP contribution is 2.33. The molecule has 0 spiro atoms. The lowest BCUT2D eigenvalue weighted by atomic mass is 10.2. The zero-order valence-corrected chi connectivity index (χ0v) is 8.54. The van der Waals surface area contributed by atoms with Crippen LogP contribution in [0.3, 0.4) is 0 Å². The molecule has 1 N–H and O–H groups in total. The maximum atomic E-state index is 5.26.